The molecule has 0 unspecified atom stereocenters. The van der Waals surface area contributed by atoms with Crippen molar-refractivity contribution in [1.29, 1.82) is 0 Å². The lowest BCUT2D eigenvalue weighted by Crippen LogP contribution is -1.85. The molecule has 0 heterocycles. The summed E-state index contributed by atoms with van der Waals surface area (Å²) in [5.41, 5.74) is 0. The van der Waals surface area contributed by atoms with Crippen LogP contribution in [-0.2, 0) is 0 Å². The molecule has 1 aliphatic carbocycles. The van der Waals surface area contributed by atoms with Crippen LogP contribution in [0.2, 0.25) is 6.04 Å². The van der Waals surface area contributed by atoms with Crippen LogP contribution >= 0.6 is 0 Å². The Morgan fingerprint density at radius 3 is 2.71 bits per heavy atom. The molecule has 0 aliphatic heterocycles. The first-order chi connectivity index (χ1) is 3.43. The van der Waals surface area contributed by atoms with Gasteiger partial charge in [-0.25, -0.2) is 0 Å². The van der Waals surface area contributed by atoms with Crippen molar-refractivity contribution in [2.24, 2.45) is 5.92 Å². The number of rotatable bonds is 3. The van der Waals surface area contributed by atoms with Gasteiger partial charge in [-0.2, -0.15) is 0 Å². The minimum atomic E-state index is -0.589. The molecule has 0 radical (unpaired) electrons. The molecule has 42 valence electrons. The molecule has 0 aromatic carbocycles. The molecule has 0 aromatic rings. The third kappa shape index (κ3) is 2.09. The molecule has 0 aromatic heterocycles. The zero-order valence-electron chi connectivity index (χ0n) is 4.56. The second-order valence-electron chi connectivity index (χ2n) is 2.31. The Morgan fingerprint density at radius 2 is 2.29 bits per heavy atom. The minimum absolute atomic E-state index is 0.589. The van der Waals surface area contributed by atoms with E-state index >= 15 is 0 Å². The highest BCUT2D eigenvalue weighted by atomic mass is 28.2. The molecule has 0 spiro atoms. The molecule has 1 aliphatic rings. The highest BCUT2D eigenvalue weighted by Crippen LogP contribution is 2.33. The third-order valence-electron chi connectivity index (χ3n) is 1.47. The average Bonchev–Trinajstić information content (AvgIpc) is 2.42. The number of hydrogen-bond donors (Lipinski definition) is 1. The Kier molecular flexibility index (Phi) is 1.88. The first-order valence-corrected chi connectivity index (χ1v) is 4.67. The lowest BCUT2D eigenvalue weighted by atomic mass is 10.3. The van der Waals surface area contributed by atoms with Gasteiger partial charge in [-0.15, -0.1) is 0 Å². The predicted octanol–water partition coefficient (Wildman–Crippen LogP) is 0.281. The van der Waals surface area contributed by atoms with E-state index in [1.54, 1.807) is 0 Å². The highest BCUT2D eigenvalue weighted by Gasteiger charge is 2.19. The van der Waals surface area contributed by atoms with Crippen LogP contribution in [0.5, 0.6) is 0 Å². The molecule has 1 nitrogen and oxygen atoms in total. The molecule has 1 rings (SSSR count). The largest absolute Gasteiger partial charge is 0.438 e. The zero-order chi connectivity index (χ0) is 5.11. The quantitative estimate of drug-likeness (QED) is 0.525. The van der Waals surface area contributed by atoms with Gasteiger partial charge in [0.2, 0.25) is 0 Å². The molecule has 1 fully saturated rings. The second-order valence-corrected chi connectivity index (χ2v) is 3.46. The fourth-order valence-corrected chi connectivity index (χ4v) is 1.55. The maximum absolute atomic E-state index is 8.48. The van der Waals surface area contributed by atoms with Gasteiger partial charge >= 0.3 is 0 Å². The summed E-state index contributed by atoms with van der Waals surface area (Å²) in [5.74, 6) is 1.03. The Labute approximate surface area is 46.7 Å². The van der Waals surface area contributed by atoms with E-state index in [9.17, 15) is 0 Å². The molecule has 2 heteroatoms. The zero-order valence-corrected chi connectivity index (χ0v) is 5.97. The smallest absolute Gasteiger partial charge is 0.156 e. The van der Waals surface area contributed by atoms with Crippen LogP contribution in [0.1, 0.15) is 19.3 Å². The number of hydrogen-bond acceptors (Lipinski definition) is 1. The van der Waals surface area contributed by atoms with Gasteiger partial charge in [-0.1, -0.05) is 19.3 Å². The minimum Gasteiger partial charge on any atom is -0.438 e. The van der Waals surface area contributed by atoms with Crippen molar-refractivity contribution in [3.8, 4) is 0 Å². The predicted molar refractivity (Wildman–Crippen MR) is 32.9 cm³/mol. The summed E-state index contributed by atoms with van der Waals surface area (Å²) >= 11 is 0. The van der Waals surface area contributed by atoms with Gasteiger partial charge in [0.25, 0.3) is 0 Å². The van der Waals surface area contributed by atoms with Crippen molar-refractivity contribution in [3.05, 3.63) is 0 Å². The summed E-state index contributed by atoms with van der Waals surface area (Å²) in [6.07, 6.45) is 4.20. The van der Waals surface area contributed by atoms with Gasteiger partial charge in [0.1, 0.15) is 0 Å². The van der Waals surface area contributed by atoms with Crippen LogP contribution in [0.3, 0.4) is 0 Å². The standard InChI is InChI=1S/C5H12OSi/c6-7-4-3-5-1-2-5/h5-6H,1-4,7H2. The van der Waals surface area contributed by atoms with E-state index in [2.05, 4.69) is 0 Å². The highest BCUT2D eigenvalue weighted by molar-refractivity contribution is 6.25. The molecule has 1 saturated carbocycles. The SMILES string of the molecule is O[SiH2]CCC1CC1. The molecule has 0 atom stereocenters. The molecule has 7 heavy (non-hydrogen) atoms. The molecular weight excluding hydrogens is 104 g/mol. The maximum atomic E-state index is 8.48. The molecule has 0 bridgehead atoms. The maximum Gasteiger partial charge on any atom is 0.156 e. The Hall–Kier alpha value is 0.177. The third-order valence-corrected chi connectivity index (χ3v) is 2.19. The van der Waals surface area contributed by atoms with Crippen LogP contribution in [0.4, 0.5) is 0 Å². The van der Waals surface area contributed by atoms with E-state index in [1.165, 1.54) is 19.3 Å². The van der Waals surface area contributed by atoms with Gasteiger partial charge in [0.05, 0.1) is 0 Å². The summed E-state index contributed by atoms with van der Waals surface area (Å²) < 4.78 is 0. The fraction of sp³-hybridized carbons (Fsp3) is 1.00. The van der Waals surface area contributed by atoms with Gasteiger partial charge in [0, 0.05) is 0 Å². The van der Waals surface area contributed by atoms with Gasteiger partial charge in [-0.05, 0) is 12.0 Å². The van der Waals surface area contributed by atoms with E-state index in [-0.39, 0.29) is 0 Å². The Bertz CT molecular complexity index is 52.0. The van der Waals surface area contributed by atoms with Crippen LogP contribution < -0.4 is 0 Å². The van der Waals surface area contributed by atoms with Gasteiger partial charge < -0.3 is 4.80 Å². The summed E-state index contributed by atoms with van der Waals surface area (Å²) in [7, 11) is -0.589. The molecule has 0 saturated heterocycles. The second kappa shape index (κ2) is 2.48. The van der Waals surface area contributed by atoms with Crippen molar-refractivity contribution in [3.63, 3.8) is 0 Å². The molecular formula is C5H12OSi. The van der Waals surface area contributed by atoms with Crippen LogP contribution in [-0.4, -0.2) is 14.6 Å². The van der Waals surface area contributed by atoms with Crippen LogP contribution in [0, 0.1) is 5.92 Å². The van der Waals surface area contributed by atoms with E-state index < -0.39 is 9.76 Å². The summed E-state index contributed by atoms with van der Waals surface area (Å²) in [5, 5.41) is 0. The van der Waals surface area contributed by atoms with Crippen molar-refractivity contribution in [2.45, 2.75) is 25.3 Å². The average molecular weight is 116 g/mol. The van der Waals surface area contributed by atoms with Crippen molar-refractivity contribution in [2.75, 3.05) is 0 Å². The summed E-state index contributed by atoms with van der Waals surface area (Å²) in [6.45, 7) is 0. The molecule has 0 amide bonds. The van der Waals surface area contributed by atoms with Crippen molar-refractivity contribution < 1.29 is 4.80 Å². The summed E-state index contributed by atoms with van der Waals surface area (Å²) in [6, 6.07) is 1.16. The van der Waals surface area contributed by atoms with Gasteiger partial charge in [0.15, 0.2) is 9.76 Å². The topological polar surface area (TPSA) is 20.2 Å². The lowest BCUT2D eigenvalue weighted by Gasteiger charge is -1.87. The lowest BCUT2D eigenvalue weighted by molar-refractivity contribution is 0.591. The van der Waals surface area contributed by atoms with Crippen LogP contribution in [0.15, 0.2) is 0 Å². The van der Waals surface area contributed by atoms with Crippen LogP contribution in [0.25, 0.3) is 0 Å². The first-order valence-electron chi connectivity index (χ1n) is 3.04. The van der Waals surface area contributed by atoms with E-state index in [1.807, 2.05) is 0 Å². The van der Waals surface area contributed by atoms with E-state index in [0.717, 1.165) is 12.0 Å². The normalized spacial score (nSPS) is 21.9. The van der Waals surface area contributed by atoms with Crippen molar-refractivity contribution >= 4 is 9.76 Å². The monoisotopic (exact) mass is 116 g/mol. The van der Waals surface area contributed by atoms with Crippen molar-refractivity contribution in [1.82, 2.24) is 0 Å². The van der Waals surface area contributed by atoms with E-state index in [4.69, 9.17) is 4.80 Å². The van der Waals surface area contributed by atoms with Gasteiger partial charge in [-0.3, -0.25) is 0 Å². The Balaban J connectivity index is 1.80. The Morgan fingerprint density at radius 1 is 1.57 bits per heavy atom. The fourth-order valence-electron chi connectivity index (χ4n) is 0.786. The molecule has 1 N–H and O–H groups in total. The summed E-state index contributed by atoms with van der Waals surface area (Å²) in [4.78, 5) is 8.48. The first kappa shape index (κ1) is 5.32. The van der Waals surface area contributed by atoms with E-state index in [0.29, 0.717) is 0 Å².